The number of hydrogen-bond acceptors (Lipinski definition) is 2. The van der Waals surface area contributed by atoms with Crippen molar-refractivity contribution in [2.45, 2.75) is 0 Å². The molecule has 0 aliphatic carbocycles. The van der Waals surface area contributed by atoms with Crippen molar-refractivity contribution < 1.29 is 4.39 Å². The van der Waals surface area contributed by atoms with Crippen LogP contribution in [-0.2, 0) is 0 Å². The number of anilines is 1. The van der Waals surface area contributed by atoms with Gasteiger partial charge in [0.05, 0.1) is 11.0 Å². The summed E-state index contributed by atoms with van der Waals surface area (Å²) >= 11 is 5.94. The van der Waals surface area contributed by atoms with E-state index in [-0.39, 0.29) is 5.82 Å². The Bertz CT molecular complexity index is 716. The summed E-state index contributed by atoms with van der Waals surface area (Å²) in [5.41, 5.74) is 8.40. The van der Waals surface area contributed by atoms with Crippen LogP contribution >= 0.6 is 11.6 Å². The number of fused-ring (bicyclic) bond motifs is 1. The van der Waals surface area contributed by atoms with Crippen LogP contribution < -0.4 is 5.73 Å². The van der Waals surface area contributed by atoms with Gasteiger partial charge in [0.1, 0.15) is 11.6 Å². The topological polar surface area (TPSA) is 54.7 Å². The van der Waals surface area contributed by atoms with Crippen LogP contribution in [0.15, 0.2) is 36.4 Å². The molecule has 0 aliphatic heterocycles. The number of halogens is 2. The van der Waals surface area contributed by atoms with Gasteiger partial charge in [0.25, 0.3) is 0 Å². The van der Waals surface area contributed by atoms with Gasteiger partial charge in [0.15, 0.2) is 0 Å². The Morgan fingerprint density at radius 2 is 2.00 bits per heavy atom. The molecule has 2 aromatic carbocycles. The summed E-state index contributed by atoms with van der Waals surface area (Å²) in [6.45, 7) is 0. The van der Waals surface area contributed by atoms with Gasteiger partial charge in [0, 0.05) is 16.3 Å². The smallest absolute Gasteiger partial charge is 0.138 e. The molecular weight excluding hydrogens is 253 g/mol. The Morgan fingerprint density at radius 3 is 2.78 bits per heavy atom. The molecule has 0 radical (unpaired) electrons. The standard InChI is InChI=1S/C13H9ClFN3/c14-8-3-7(4-10(16)5-8)13-17-11-2-1-9(15)6-12(11)18-13/h1-6H,16H2,(H,17,18). The van der Waals surface area contributed by atoms with E-state index in [1.807, 2.05) is 0 Å². The molecule has 0 fully saturated rings. The van der Waals surface area contributed by atoms with E-state index in [2.05, 4.69) is 9.97 Å². The molecular formula is C13H9ClFN3. The molecule has 3 N–H and O–H groups in total. The molecule has 0 saturated heterocycles. The molecule has 0 unspecified atom stereocenters. The molecule has 0 aliphatic rings. The third-order valence-electron chi connectivity index (χ3n) is 2.64. The van der Waals surface area contributed by atoms with E-state index < -0.39 is 0 Å². The minimum absolute atomic E-state index is 0.302. The summed E-state index contributed by atoms with van der Waals surface area (Å²) in [4.78, 5) is 7.41. The number of nitrogens with one attached hydrogen (secondary N) is 1. The zero-order valence-electron chi connectivity index (χ0n) is 9.24. The van der Waals surface area contributed by atoms with Crippen LogP contribution in [-0.4, -0.2) is 9.97 Å². The fourth-order valence-electron chi connectivity index (χ4n) is 1.87. The predicted molar refractivity (Wildman–Crippen MR) is 70.9 cm³/mol. The van der Waals surface area contributed by atoms with E-state index in [0.29, 0.717) is 27.6 Å². The zero-order valence-corrected chi connectivity index (χ0v) is 10.0. The number of hydrogen-bond donors (Lipinski definition) is 2. The minimum atomic E-state index is -0.302. The molecule has 0 bridgehead atoms. The maximum absolute atomic E-state index is 13.1. The first-order chi connectivity index (χ1) is 8.61. The zero-order chi connectivity index (χ0) is 12.7. The maximum Gasteiger partial charge on any atom is 0.138 e. The number of nitrogens with zero attached hydrogens (tertiary/aromatic N) is 1. The average Bonchev–Trinajstić information content (AvgIpc) is 2.70. The number of nitrogens with two attached hydrogens (primary N) is 1. The molecule has 0 atom stereocenters. The molecule has 3 aromatic rings. The predicted octanol–water partition coefficient (Wildman–Crippen LogP) is 3.60. The molecule has 3 nitrogen and oxygen atoms in total. The maximum atomic E-state index is 13.1. The lowest BCUT2D eigenvalue weighted by Gasteiger charge is -2.00. The van der Waals surface area contributed by atoms with Gasteiger partial charge >= 0.3 is 0 Å². The van der Waals surface area contributed by atoms with Crippen molar-refractivity contribution in [2.24, 2.45) is 0 Å². The van der Waals surface area contributed by atoms with E-state index >= 15 is 0 Å². The lowest BCUT2D eigenvalue weighted by atomic mass is 10.2. The summed E-state index contributed by atoms with van der Waals surface area (Å²) in [5.74, 6) is 0.313. The molecule has 3 rings (SSSR count). The van der Waals surface area contributed by atoms with Crippen molar-refractivity contribution in [3.05, 3.63) is 47.2 Å². The number of aromatic amines is 1. The highest BCUT2D eigenvalue weighted by Crippen LogP contribution is 2.26. The van der Waals surface area contributed by atoms with E-state index in [1.54, 1.807) is 24.3 Å². The number of H-pyrrole nitrogens is 1. The Labute approximate surface area is 107 Å². The lowest BCUT2D eigenvalue weighted by Crippen LogP contribution is -1.87. The fourth-order valence-corrected chi connectivity index (χ4v) is 2.11. The van der Waals surface area contributed by atoms with Crippen LogP contribution in [0.1, 0.15) is 0 Å². The minimum Gasteiger partial charge on any atom is -0.399 e. The van der Waals surface area contributed by atoms with E-state index in [4.69, 9.17) is 17.3 Å². The number of benzene rings is 2. The van der Waals surface area contributed by atoms with Crippen molar-refractivity contribution in [3.63, 3.8) is 0 Å². The lowest BCUT2D eigenvalue weighted by molar-refractivity contribution is 0.629. The Morgan fingerprint density at radius 1 is 1.17 bits per heavy atom. The van der Waals surface area contributed by atoms with Crippen LogP contribution in [0.4, 0.5) is 10.1 Å². The second-order valence-corrected chi connectivity index (χ2v) is 4.46. The van der Waals surface area contributed by atoms with Crippen molar-refractivity contribution in [3.8, 4) is 11.4 Å². The Hall–Kier alpha value is -2.07. The normalized spacial score (nSPS) is 11.0. The second kappa shape index (κ2) is 3.99. The van der Waals surface area contributed by atoms with Crippen LogP contribution in [0.25, 0.3) is 22.4 Å². The largest absolute Gasteiger partial charge is 0.399 e. The van der Waals surface area contributed by atoms with Crippen LogP contribution in [0.3, 0.4) is 0 Å². The first-order valence-corrected chi connectivity index (χ1v) is 5.71. The number of rotatable bonds is 1. The van der Waals surface area contributed by atoms with E-state index in [9.17, 15) is 4.39 Å². The van der Waals surface area contributed by atoms with E-state index in [0.717, 1.165) is 5.56 Å². The summed E-state index contributed by atoms with van der Waals surface area (Å²) in [7, 11) is 0. The summed E-state index contributed by atoms with van der Waals surface area (Å²) in [6.07, 6.45) is 0. The highest BCUT2D eigenvalue weighted by Gasteiger charge is 2.07. The molecule has 0 amide bonds. The van der Waals surface area contributed by atoms with Crippen molar-refractivity contribution in [1.82, 2.24) is 9.97 Å². The summed E-state index contributed by atoms with van der Waals surface area (Å²) in [5, 5.41) is 0.539. The average molecular weight is 262 g/mol. The van der Waals surface area contributed by atoms with Crippen LogP contribution in [0.5, 0.6) is 0 Å². The van der Waals surface area contributed by atoms with Crippen molar-refractivity contribution in [2.75, 3.05) is 5.73 Å². The molecule has 5 heteroatoms. The summed E-state index contributed by atoms with van der Waals surface area (Å²) < 4.78 is 13.1. The van der Waals surface area contributed by atoms with Gasteiger partial charge in [-0.05, 0) is 36.4 Å². The van der Waals surface area contributed by atoms with Crippen LogP contribution in [0, 0.1) is 5.82 Å². The number of nitrogen functional groups attached to an aromatic ring is 1. The Balaban J connectivity index is 2.19. The number of imidazole rings is 1. The highest BCUT2D eigenvalue weighted by atomic mass is 35.5. The fraction of sp³-hybridized carbons (Fsp3) is 0. The summed E-state index contributed by atoms with van der Waals surface area (Å²) in [6, 6.07) is 9.58. The molecule has 0 spiro atoms. The first kappa shape index (κ1) is 11.0. The molecule has 0 saturated carbocycles. The third-order valence-corrected chi connectivity index (χ3v) is 2.86. The van der Waals surface area contributed by atoms with Gasteiger partial charge in [-0.2, -0.15) is 0 Å². The van der Waals surface area contributed by atoms with Crippen molar-refractivity contribution >= 4 is 28.3 Å². The molecule has 1 heterocycles. The monoisotopic (exact) mass is 261 g/mol. The molecule has 1 aromatic heterocycles. The van der Waals surface area contributed by atoms with Crippen molar-refractivity contribution in [1.29, 1.82) is 0 Å². The van der Waals surface area contributed by atoms with Gasteiger partial charge in [-0.15, -0.1) is 0 Å². The third kappa shape index (κ3) is 1.91. The first-order valence-electron chi connectivity index (χ1n) is 5.33. The number of aromatic nitrogens is 2. The van der Waals surface area contributed by atoms with Gasteiger partial charge < -0.3 is 10.7 Å². The molecule has 18 heavy (non-hydrogen) atoms. The quantitative estimate of drug-likeness (QED) is 0.658. The second-order valence-electron chi connectivity index (χ2n) is 4.02. The van der Waals surface area contributed by atoms with Crippen LogP contribution in [0.2, 0.25) is 5.02 Å². The van der Waals surface area contributed by atoms with Gasteiger partial charge in [-0.3, -0.25) is 0 Å². The van der Waals surface area contributed by atoms with Gasteiger partial charge in [0.2, 0.25) is 0 Å². The van der Waals surface area contributed by atoms with Gasteiger partial charge in [-0.1, -0.05) is 11.6 Å². The molecule has 90 valence electrons. The highest BCUT2D eigenvalue weighted by molar-refractivity contribution is 6.31. The SMILES string of the molecule is Nc1cc(Cl)cc(-c2nc3ccc(F)cc3[nH]2)c1. The van der Waals surface area contributed by atoms with E-state index in [1.165, 1.54) is 12.1 Å². The Kier molecular flexibility index (Phi) is 2.45. The van der Waals surface area contributed by atoms with Gasteiger partial charge in [-0.25, -0.2) is 9.37 Å².